The Hall–Kier alpha value is -2.99. The third kappa shape index (κ3) is 4.34. The highest BCUT2D eigenvalue weighted by molar-refractivity contribution is 6.30. The summed E-state index contributed by atoms with van der Waals surface area (Å²) in [5.74, 6) is 2.43. The summed E-state index contributed by atoms with van der Waals surface area (Å²) >= 11 is 6.03. The molecular weight excluding hydrogens is 352 g/mol. The quantitative estimate of drug-likeness (QED) is 0.640. The molecule has 0 atom stereocenters. The Kier molecular flexibility index (Phi) is 5.43. The molecule has 0 amide bonds. The first kappa shape index (κ1) is 17.8. The smallest absolute Gasteiger partial charge is 0.229 e. The highest BCUT2D eigenvalue weighted by Crippen LogP contribution is 2.31. The molecule has 3 aromatic rings. The molecule has 0 aliphatic heterocycles. The van der Waals surface area contributed by atoms with Crippen LogP contribution < -0.4 is 20.1 Å². The molecule has 2 aromatic carbocycles. The van der Waals surface area contributed by atoms with E-state index >= 15 is 0 Å². The predicted molar refractivity (Wildman–Crippen MR) is 104 cm³/mol. The molecule has 0 spiro atoms. The summed E-state index contributed by atoms with van der Waals surface area (Å²) in [6, 6.07) is 14.8. The fourth-order valence-corrected chi connectivity index (χ4v) is 2.64. The number of ether oxygens (including phenoxy) is 2. The van der Waals surface area contributed by atoms with Gasteiger partial charge in [0.2, 0.25) is 5.95 Å². The van der Waals surface area contributed by atoms with Gasteiger partial charge in [0.25, 0.3) is 0 Å². The van der Waals surface area contributed by atoms with Gasteiger partial charge in [-0.2, -0.15) is 4.98 Å². The first-order chi connectivity index (χ1) is 12.6. The normalized spacial score (nSPS) is 10.3. The van der Waals surface area contributed by atoms with Gasteiger partial charge in [0.05, 0.1) is 14.2 Å². The molecule has 7 heteroatoms. The minimum Gasteiger partial charge on any atom is -0.493 e. The lowest BCUT2D eigenvalue weighted by molar-refractivity contribution is 0.355. The molecule has 0 aliphatic carbocycles. The molecule has 2 N–H and O–H groups in total. The number of rotatable bonds is 6. The van der Waals surface area contributed by atoms with Crippen molar-refractivity contribution in [3.05, 3.63) is 59.2 Å². The van der Waals surface area contributed by atoms with Gasteiger partial charge in [0, 0.05) is 34.2 Å². The standard InChI is InChI=1S/C19H19ClN4O2/c1-12-9-18(22-14-6-4-5-13(20)10-14)24-19(21-12)23-15-7-8-16(25-2)17(11-15)26-3/h4-11H,1-3H3,(H2,21,22,23,24). The van der Waals surface area contributed by atoms with Crippen LogP contribution in [0, 0.1) is 6.92 Å². The van der Waals surface area contributed by atoms with Gasteiger partial charge < -0.3 is 20.1 Å². The van der Waals surface area contributed by atoms with E-state index in [4.69, 9.17) is 21.1 Å². The Balaban J connectivity index is 1.83. The van der Waals surface area contributed by atoms with E-state index in [9.17, 15) is 0 Å². The number of nitrogens with one attached hydrogen (secondary N) is 2. The van der Waals surface area contributed by atoms with Crippen LogP contribution in [-0.4, -0.2) is 24.2 Å². The van der Waals surface area contributed by atoms with Gasteiger partial charge in [-0.15, -0.1) is 0 Å². The summed E-state index contributed by atoms with van der Waals surface area (Å²) in [5, 5.41) is 7.07. The third-order valence-electron chi connectivity index (χ3n) is 3.59. The van der Waals surface area contributed by atoms with Crippen molar-refractivity contribution in [2.45, 2.75) is 6.92 Å². The van der Waals surface area contributed by atoms with Crippen molar-refractivity contribution in [3.8, 4) is 11.5 Å². The number of hydrogen-bond donors (Lipinski definition) is 2. The topological polar surface area (TPSA) is 68.3 Å². The van der Waals surface area contributed by atoms with Crippen LogP contribution in [0.15, 0.2) is 48.5 Å². The van der Waals surface area contributed by atoms with Crippen LogP contribution >= 0.6 is 11.6 Å². The van der Waals surface area contributed by atoms with Crippen LogP contribution in [0.2, 0.25) is 5.02 Å². The second-order valence-corrected chi connectivity index (χ2v) is 5.98. The van der Waals surface area contributed by atoms with Gasteiger partial charge in [0.15, 0.2) is 11.5 Å². The Morgan fingerprint density at radius 3 is 2.35 bits per heavy atom. The van der Waals surface area contributed by atoms with E-state index in [1.807, 2.05) is 55.5 Å². The monoisotopic (exact) mass is 370 g/mol. The molecule has 6 nitrogen and oxygen atoms in total. The maximum atomic E-state index is 6.03. The zero-order valence-corrected chi connectivity index (χ0v) is 15.5. The molecule has 0 bridgehead atoms. The van der Waals surface area contributed by atoms with Gasteiger partial charge in [-0.1, -0.05) is 17.7 Å². The van der Waals surface area contributed by atoms with Crippen LogP contribution in [-0.2, 0) is 0 Å². The van der Waals surface area contributed by atoms with Crippen LogP contribution in [0.25, 0.3) is 0 Å². The number of halogens is 1. The first-order valence-corrected chi connectivity index (χ1v) is 8.32. The second-order valence-electron chi connectivity index (χ2n) is 5.55. The van der Waals surface area contributed by atoms with Crippen LogP contribution in [0.3, 0.4) is 0 Å². The van der Waals surface area contributed by atoms with E-state index in [1.54, 1.807) is 14.2 Å². The maximum Gasteiger partial charge on any atom is 0.229 e. The van der Waals surface area contributed by atoms with Crippen molar-refractivity contribution in [2.24, 2.45) is 0 Å². The van der Waals surface area contributed by atoms with E-state index < -0.39 is 0 Å². The highest BCUT2D eigenvalue weighted by Gasteiger charge is 2.07. The van der Waals surface area contributed by atoms with E-state index in [-0.39, 0.29) is 0 Å². The van der Waals surface area contributed by atoms with Crippen LogP contribution in [0.5, 0.6) is 11.5 Å². The number of aromatic nitrogens is 2. The molecule has 3 rings (SSSR count). The first-order valence-electron chi connectivity index (χ1n) is 7.94. The van der Waals surface area contributed by atoms with Gasteiger partial charge in [-0.3, -0.25) is 0 Å². The average molecular weight is 371 g/mol. The lowest BCUT2D eigenvalue weighted by Gasteiger charge is -2.12. The largest absolute Gasteiger partial charge is 0.493 e. The Morgan fingerprint density at radius 1 is 0.846 bits per heavy atom. The van der Waals surface area contributed by atoms with Crippen molar-refractivity contribution < 1.29 is 9.47 Å². The Labute approximate surface area is 157 Å². The van der Waals surface area contributed by atoms with Crippen molar-refractivity contribution in [1.82, 2.24) is 9.97 Å². The van der Waals surface area contributed by atoms with Crippen molar-refractivity contribution >= 4 is 34.7 Å². The Morgan fingerprint density at radius 2 is 1.62 bits per heavy atom. The SMILES string of the molecule is COc1ccc(Nc2nc(C)cc(Nc3cccc(Cl)c3)n2)cc1OC. The van der Waals surface area contributed by atoms with Crippen molar-refractivity contribution in [1.29, 1.82) is 0 Å². The summed E-state index contributed by atoms with van der Waals surface area (Å²) in [5.41, 5.74) is 2.47. The van der Waals surface area contributed by atoms with Crippen molar-refractivity contribution in [2.75, 3.05) is 24.9 Å². The average Bonchev–Trinajstić information content (AvgIpc) is 2.61. The molecule has 0 saturated heterocycles. The summed E-state index contributed by atoms with van der Waals surface area (Å²) in [6.07, 6.45) is 0. The summed E-state index contributed by atoms with van der Waals surface area (Å²) in [4.78, 5) is 8.93. The minimum atomic E-state index is 0.474. The number of benzene rings is 2. The summed E-state index contributed by atoms with van der Waals surface area (Å²) in [6.45, 7) is 1.91. The van der Waals surface area contributed by atoms with E-state index in [0.717, 1.165) is 17.1 Å². The number of anilines is 4. The van der Waals surface area contributed by atoms with Gasteiger partial charge in [-0.05, 0) is 37.3 Å². The maximum absolute atomic E-state index is 6.03. The molecular formula is C19H19ClN4O2. The number of nitrogens with zero attached hydrogens (tertiary/aromatic N) is 2. The van der Waals surface area contributed by atoms with Gasteiger partial charge in [-0.25, -0.2) is 4.98 Å². The number of hydrogen-bond acceptors (Lipinski definition) is 6. The fraction of sp³-hybridized carbons (Fsp3) is 0.158. The van der Waals surface area contributed by atoms with Gasteiger partial charge >= 0.3 is 0 Å². The van der Waals surface area contributed by atoms with E-state index in [0.29, 0.717) is 28.3 Å². The second kappa shape index (κ2) is 7.93. The molecule has 0 fully saturated rings. The van der Waals surface area contributed by atoms with Crippen molar-refractivity contribution in [3.63, 3.8) is 0 Å². The molecule has 1 aromatic heterocycles. The fourth-order valence-electron chi connectivity index (χ4n) is 2.45. The molecule has 0 unspecified atom stereocenters. The van der Waals surface area contributed by atoms with Gasteiger partial charge in [0.1, 0.15) is 5.82 Å². The van der Waals surface area contributed by atoms with E-state index in [2.05, 4.69) is 20.6 Å². The summed E-state index contributed by atoms with van der Waals surface area (Å²) in [7, 11) is 3.19. The zero-order valence-electron chi connectivity index (χ0n) is 14.7. The highest BCUT2D eigenvalue weighted by atomic mass is 35.5. The summed E-state index contributed by atoms with van der Waals surface area (Å²) < 4.78 is 10.6. The lowest BCUT2D eigenvalue weighted by atomic mass is 10.2. The Bertz CT molecular complexity index is 918. The molecule has 0 radical (unpaired) electrons. The van der Waals surface area contributed by atoms with E-state index in [1.165, 1.54) is 0 Å². The third-order valence-corrected chi connectivity index (χ3v) is 3.83. The lowest BCUT2D eigenvalue weighted by Crippen LogP contribution is -2.02. The molecule has 0 saturated carbocycles. The predicted octanol–water partition coefficient (Wildman–Crippen LogP) is 4.94. The molecule has 26 heavy (non-hydrogen) atoms. The number of methoxy groups -OCH3 is 2. The van der Waals surface area contributed by atoms with Crippen LogP contribution in [0.4, 0.5) is 23.1 Å². The zero-order chi connectivity index (χ0) is 18.5. The minimum absolute atomic E-state index is 0.474. The number of aryl methyl sites for hydroxylation is 1. The van der Waals surface area contributed by atoms with Crippen LogP contribution in [0.1, 0.15) is 5.69 Å². The molecule has 1 heterocycles. The molecule has 0 aliphatic rings. The molecule has 134 valence electrons.